The van der Waals surface area contributed by atoms with E-state index in [2.05, 4.69) is 4.74 Å². The fourth-order valence-electron chi connectivity index (χ4n) is 2.70. The van der Waals surface area contributed by atoms with E-state index in [-0.39, 0.29) is 10.8 Å². The Labute approximate surface area is 208 Å². The summed E-state index contributed by atoms with van der Waals surface area (Å²) in [5, 5.41) is 0.795. The molecule has 40 heavy (non-hydrogen) atoms. The van der Waals surface area contributed by atoms with Crippen LogP contribution in [0.25, 0.3) is 10.8 Å². The van der Waals surface area contributed by atoms with E-state index in [0.29, 0.717) is 6.07 Å². The van der Waals surface area contributed by atoms with Crippen molar-refractivity contribution in [3.8, 4) is 0 Å². The van der Waals surface area contributed by atoms with Gasteiger partial charge in [-0.15, -0.1) is 0 Å². The van der Waals surface area contributed by atoms with Gasteiger partial charge in [0.25, 0.3) is 5.91 Å². The van der Waals surface area contributed by atoms with Crippen LogP contribution >= 0.6 is 0 Å². The van der Waals surface area contributed by atoms with E-state index in [1.54, 1.807) is 0 Å². The first kappa shape index (κ1) is 33.1. The van der Waals surface area contributed by atoms with Crippen LogP contribution in [-0.2, 0) is 14.3 Å². The summed E-state index contributed by atoms with van der Waals surface area (Å²) in [6, 6.07) is 7.64. The van der Waals surface area contributed by atoms with Crippen LogP contribution in [0.5, 0.6) is 0 Å². The zero-order valence-corrected chi connectivity index (χ0v) is 18.2. The van der Waals surface area contributed by atoms with Crippen molar-refractivity contribution in [1.29, 1.82) is 0 Å². The van der Waals surface area contributed by atoms with Gasteiger partial charge in [-0.3, -0.25) is 14.3 Å². The number of rotatable bonds is 8. The molecule has 1 amide bonds. The van der Waals surface area contributed by atoms with Gasteiger partial charge in [0.1, 0.15) is 0 Å². The lowest BCUT2D eigenvalue weighted by molar-refractivity contribution is -0.548. The molecule has 0 aliphatic carbocycles. The largest absolute Gasteiger partial charge is 0.462 e. The molecule has 0 bridgehead atoms. The smallest absolute Gasteiger partial charge is 0.320 e. The highest BCUT2D eigenvalue weighted by atomic mass is 19.4. The number of carbonyl (C=O) groups excluding carboxylic acids is 1. The van der Waals surface area contributed by atoms with Crippen molar-refractivity contribution in [3.63, 3.8) is 0 Å². The van der Waals surface area contributed by atoms with Gasteiger partial charge < -0.3 is 5.32 Å². The molecule has 0 radical (unpaired) electrons. The van der Waals surface area contributed by atoms with Crippen LogP contribution in [0.15, 0.2) is 42.5 Å². The Bertz CT molecular complexity index is 1230. The first-order valence-electron chi connectivity index (χ1n) is 9.55. The summed E-state index contributed by atoms with van der Waals surface area (Å²) in [6.07, 6.45) is -38.6. The Kier molecular flexibility index (Phi) is 8.09. The number of amides is 1. The third-order valence-corrected chi connectivity index (χ3v) is 4.69. The maximum Gasteiger partial charge on any atom is 0.462 e. The minimum atomic E-state index is -8.07. The van der Waals surface area contributed by atoms with Gasteiger partial charge in [-0.05, 0) is 11.5 Å². The molecule has 226 valence electrons. The zero-order valence-electron chi connectivity index (χ0n) is 18.2. The highest BCUT2D eigenvalue weighted by Gasteiger charge is 2.85. The van der Waals surface area contributed by atoms with Crippen LogP contribution in [0.1, 0.15) is 0 Å². The minimum Gasteiger partial charge on any atom is -0.320 e. The molecule has 0 heterocycles. The molecular formula is C19H8F17NO3. The molecule has 2 aromatic rings. The number of fused-ring (bicyclic) bond motifs is 1. The van der Waals surface area contributed by atoms with Crippen LogP contribution in [0.3, 0.4) is 0 Å². The number of carbonyl (C=O) groups is 1. The quantitative estimate of drug-likeness (QED) is 0.308. The first-order valence-corrected chi connectivity index (χ1v) is 9.55. The van der Waals surface area contributed by atoms with Crippen molar-refractivity contribution in [2.45, 2.75) is 48.4 Å². The van der Waals surface area contributed by atoms with Gasteiger partial charge in [0.05, 0.1) is 0 Å². The molecule has 21 heteroatoms. The highest BCUT2D eigenvalue weighted by molar-refractivity contribution is 6.04. The number of hydrogen-bond acceptors (Lipinski definition) is 3. The fourth-order valence-corrected chi connectivity index (χ4v) is 2.70. The molecular weight excluding hydrogens is 613 g/mol. The first-order chi connectivity index (χ1) is 17.6. The topological polar surface area (TPSA) is 47.6 Å². The molecule has 2 rings (SSSR count). The average Bonchev–Trinajstić information content (AvgIpc) is 2.76. The number of halogens is 17. The summed E-state index contributed by atoms with van der Waals surface area (Å²) < 4.78 is 228. The summed E-state index contributed by atoms with van der Waals surface area (Å²) in [5.74, 6) is -26.3. The lowest BCUT2D eigenvalue weighted by Gasteiger charge is -2.40. The maximum absolute atomic E-state index is 14.7. The predicted molar refractivity (Wildman–Crippen MR) is 95.4 cm³/mol. The van der Waals surface area contributed by atoms with Gasteiger partial charge in [-0.2, -0.15) is 74.6 Å². The summed E-state index contributed by atoms with van der Waals surface area (Å²) in [5.41, 5.74) is -0.865. The van der Waals surface area contributed by atoms with Crippen molar-refractivity contribution in [2.75, 3.05) is 5.32 Å². The SMILES string of the molecule is O=C(Nc1cccc2ccccc12)[C@@](F)(OC(F)(F)[C@](F)(OC(F)(F)C(F)(F)C(F)(F)F)C(F)(F)F)C(F)(F)F. The number of benzene rings is 2. The molecule has 0 saturated heterocycles. The van der Waals surface area contributed by atoms with E-state index in [9.17, 15) is 79.4 Å². The molecule has 2 atom stereocenters. The van der Waals surface area contributed by atoms with E-state index in [4.69, 9.17) is 0 Å². The van der Waals surface area contributed by atoms with Crippen molar-refractivity contribution >= 4 is 22.4 Å². The number of hydrogen-bond donors (Lipinski definition) is 1. The number of anilines is 1. The number of alkyl halides is 17. The van der Waals surface area contributed by atoms with Gasteiger partial charge in [-0.1, -0.05) is 36.4 Å². The van der Waals surface area contributed by atoms with Crippen LogP contribution in [0.4, 0.5) is 80.3 Å². The van der Waals surface area contributed by atoms with Gasteiger partial charge in [-0.25, -0.2) is 0 Å². The predicted octanol–water partition coefficient (Wildman–Crippen LogP) is 7.65. The lowest BCUT2D eigenvalue weighted by Crippen LogP contribution is -2.68. The molecule has 0 fully saturated rings. The standard InChI is InChI=1S/C19H8F17NO3/c20-12(15(24,25)26,11(38)37-10-7-3-5-8-4-1-2-6-9(8)10)39-19(35,36)14(23,17(30,31)32)40-18(33,34)13(21,22)16(27,28)29/h1-7H,(H,37,38)/t12-,14-/m1/s1. The van der Waals surface area contributed by atoms with Crippen LogP contribution in [0, 0.1) is 0 Å². The normalized spacial score (nSPS) is 17.3. The Hall–Kier alpha value is -3.10. The van der Waals surface area contributed by atoms with Gasteiger partial charge in [0, 0.05) is 11.1 Å². The zero-order chi connectivity index (χ0) is 31.4. The monoisotopic (exact) mass is 621 g/mol. The number of nitrogens with one attached hydrogen (secondary N) is 1. The molecule has 4 nitrogen and oxygen atoms in total. The molecule has 0 aromatic heterocycles. The second-order valence-electron chi connectivity index (χ2n) is 7.48. The van der Waals surface area contributed by atoms with Crippen LogP contribution in [-0.4, -0.2) is 54.3 Å². The molecule has 1 N–H and O–H groups in total. The Morgan fingerprint density at radius 3 is 1.55 bits per heavy atom. The third-order valence-electron chi connectivity index (χ3n) is 4.69. The average molecular weight is 621 g/mol. The third kappa shape index (κ3) is 5.56. The Morgan fingerprint density at radius 2 is 1.07 bits per heavy atom. The number of ether oxygens (including phenoxy) is 2. The molecule has 0 unspecified atom stereocenters. The van der Waals surface area contributed by atoms with Crippen LogP contribution < -0.4 is 5.32 Å². The maximum atomic E-state index is 14.7. The minimum absolute atomic E-state index is 0.0732. The molecule has 0 saturated carbocycles. The van der Waals surface area contributed by atoms with E-state index in [1.807, 2.05) is 0 Å². The Balaban J connectivity index is 2.61. The second kappa shape index (κ2) is 9.77. The van der Waals surface area contributed by atoms with Crippen molar-refractivity contribution in [1.82, 2.24) is 0 Å². The summed E-state index contributed by atoms with van der Waals surface area (Å²) in [6.45, 7) is 0. The Morgan fingerprint density at radius 1 is 0.575 bits per heavy atom. The van der Waals surface area contributed by atoms with E-state index in [1.165, 1.54) is 29.0 Å². The summed E-state index contributed by atoms with van der Waals surface area (Å²) in [7, 11) is 0. The lowest BCUT2D eigenvalue weighted by atomic mass is 10.1. The molecule has 0 spiro atoms. The summed E-state index contributed by atoms with van der Waals surface area (Å²) >= 11 is 0. The second-order valence-corrected chi connectivity index (χ2v) is 7.48. The van der Waals surface area contributed by atoms with Gasteiger partial charge >= 0.3 is 48.4 Å². The summed E-state index contributed by atoms with van der Waals surface area (Å²) in [4.78, 5) is 12.0. The molecule has 0 aliphatic rings. The van der Waals surface area contributed by atoms with E-state index >= 15 is 0 Å². The van der Waals surface area contributed by atoms with Gasteiger partial charge in [0.2, 0.25) is 0 Å². The van der Waals surface area contributed by atoms with Crippen molar-refractivity contribution in [3.05, 3.63) is 42.5 Å². The van der Waals surface area contributed by atoms with Crippen molar-refractivity contribution in [2.24, 2.45) is 0 Å². The molecule has 0 aliphatic heterocycles. The fraction of sp³-hybridized carbons (Fsp3) is 0.421. The van der Waals surface area contributed by atoms with E-state index in [0.717, 1.165) is 17.4 Å². The molecule has 2 aromatic carbocycles. The van der Waals surface area contributed by atoms with E-state index < -0.39 is 60.0 Å². The van der Waals surface area contributed by atoms with Crippen molar-refractivity contribution < 1.29 is 88.9 Å². The van der Waals surface area contributed by atoms with Gasteiger partial charge in [0.15, 0.2) is 0 Å². The van der Waals surface area contributed by atoms with Crippen LogP contribution in [0.2, 0.25) is 0 Å². The highest BCUT2D eigenvalue weighted by Crippen LogP contribution is 2.56.